The molecular weight excluding hydrogens is 338 g/mol. The smallest absolute Gasteiger partial charge is 0.269 e. The van der Waals surface area contributed by atoms with E-state index in [1.165, 1.54) is 11.3 Å². The SMILES string of the molecule is C[C@H](Nc1nc(C(N)=O)c2sc(C[C@@H](C)O)cc2n1)c1ccccn1. The number of nitrogens with two attached hydrogens (primary N) is 1. The Morgan fingerprint density at radius 1 is 1.36 bits per heavy atom. The number of rotatable bonds is 6. The molecule has 8 heteroatoms. The number of hydrogen-bond acceptors (Lipinski definition) is 7. The summed E-state index contributed by atoms with van der Waals surface area (Å²) in [5, 5.41) is 12.7. The first-order valence-electron chi connectivity index (χ1n) is 7.90. The predicted molar refractivity (Wildman–Crippen MR) is 97.6 cm³/mol. The van der Waals surface area contributed by atoms with Crippen LogP contribution < -0.4 is 11.1 Å². The molecule has 7 nitrogen and oxygen atoms in total. The minimum Gasteiger partial charge on any atom is -0.393 e. The Bertz CT molecular complexity index is 895. The lowest BCUT2D eigenvalue weighted by atomic mass is 10.2. The topological polar surface area (TPSA) is 114 Å². The van der Waals surface area contributed by atoms with E-state index in [2.05, 4.69) is 20.3 Å². The van der Waals surface area contributed by atoms with E-state index in [0.29, 0.717) is 22.6 Å². The molecule has 4 N–H and O–H groups in total. The third-order valence-corrected chi connectivity index (χ3v) is 4.78. The monoisotopic (exact) mass is 357 g/mol. The van der Waals surface area contributed by atoms with Crippen LogP contribution in [0.25, 0.3) is 10.2 Å². The van der Waals surface area contributed by atoms with Crippen molar-refractivity contribution in [2.24, 2.45) is 5.73 Å². The van der Waals surface area contributed by atoms with Crippen molar-refractivity contribution in [3.63, 3.8) is 0 Å². The fourth-order valence-electron chi connectivity index (χ4n) is 2.50. The zero-order chi connectivity index (χ0) is 18.0. The number of pyridine rings is 1. The summed E-state index contributed by atoms with van der Waals surface area (Å²) < 4.78 is 0.638. The molecule has 3 rings (SSSR count). The lowest BCUT2D eigenvalue weighted by Crippen LogP contribution is -2.17. The molecule has 3 aromatic rings. The van der Waals surface area contributed by atoms with E-state index < -0.39 is 12.0 Å². The Hall–Kier alpha value is -2.58. The number of fused-ring (bicyclic) bond motifs is 1. The van der Waals surface area contributed by atoms with Gasteiger partial charge in [0.05, 0.1) is 28.1 Å². The number of aliphatic hydroxyl groups is 1. The van der Waals surface area contributed by atoms with Gasteiger partial charge in [0, 0.05) is 17.5 Å². The van der Waals surface area contributed by atoms with Gasteiger partial charge in [0.25, 0.3) is 5.91 Å². The van der Waals surface area contributed by atoms with Crippen LogP contribution in [0.15, 0.2) is 30.5 Å². The number of primary amides is 1. The highest BCUT2D eigenvalue weighted by Crippen LogP contribution is 2.29. The predicted octanol–water partition coefficient (Wildman–Crippen LogP) is 2.28. The van der Waals surface area contributed by atoms with Gasteiger partial charge in [-0.25, -0.2) is 9.97 Å². The number of thiophene rings is 1. The molecule has 0 bridgehead atoms. The first-order chi connectivity index (χ1) is 11.9. The maximum Gasteiger partial charge on any atom is 0.269 e. The van der Waals surface area contributed by atoms with Gasteiger partial charge in [-0.1, -0.05) is 6.07 Å². The number of amides is 1. The molecule has 0 saturated heterocycles. The van der Waals surface area contributed by atoms with E-state index in [4.69, 9.17) is 5.73 Å². The van der Waals surface area contributed by atoms with Crippen molar-refractivity contribution in [3.05, 3.63) is 46.7 Å². The summed E-state index contributed by atoms with van der Waals surface area (Å²) in [6, 6.07) is 7.38. The average molecular weight is 357 g/mol. The molecule has 2 atom stereocenters. The first-order valence-corrected chi connectivity index (χ1v) is 8.71. The molecule has 0 radical (unpaired) electrons. The largest absolute Gasteiger partial charge is 0.393 e. The van der Waals surface area contributed by atoms with Crippen LogP contribution in [0.4, 0.5) is 5.95 Å². The summed E-state index contributed by atoms with van der Waals surface area (Å²) in [5.74, 6) is -0.285. The van der Waals surface area contributed by atoms with Gasteiger partial charge in [0.1, 0.15) is 0 Å². The van der Waals surface area contributed by atoms with Crippen molar-refractivity contribution in [3.8, 4) is 0 Å². The second kappa shape index (κ2) is 7.12. The average Bonchev–Trinajstić information content (AvgIpc) is 2.96. The molecule has 0 aliphatic carbocycles. The quantitative estimate of drug-likeness (QED) is 0.623. The van der Waals surface area contributed by atoms with Crippen LogP contribution in [0, 0.1) is 0 Å². The third kappa shape index (κ3) is 3.92. The highest BCUT2D eigenvalue weighted by atomic mass is 32.1. The summed E-state index contributed by atoms with van der Waals surface area (Å²) in [7, 11) is 0. The number of hydrogen-bond donors (Lipinski definition) is 3. The highest BCUT2D eigenvalue weighted by molar-refractivity contribution is 7.19. The Morgan fingerprint density at radius 3 is 2.80 bits per heavy atom. The van der Waals surface area contributed by atoms with E-state index in [0.717, 1.165) is 10.6 Å². The lowest BCUT2D eigenvalue weighted by Gasteiger charge is -2.13. The molecule has 0 unspecified atom stereocenters. The summed E-state index contributed by atoms with van der Waals surface area (Å²) in [5.41, 5.74) is 7.15. The Morgan fingerprint density at radius 2 is 2.16 bits per heavy atom. The van der Waals surface area contributed by atoms with E-state index in [1.54, 1.807) is 13.1 Å². The second-order valence-electron chi connectivity index (χ2n) is 5.86. The number of carbonyl (C=O) groups excluding carboxylic acids is 1. The summed E-state index contributed by atoms with van der Waals surface area (Å²) in [4.78, 5) is 25.8. The maximum absolute atomic E-state index is 11.8. The van der Waals surface area contributed by atoms with Crippen LogP contribution in [0.3, 0.4) is 0 Å². The van der Waals surface area contributed by atoms with E-state index >= 15 is 0 Å². The minimum absolute atomic E-state index is 0.130. The molecular formula is C17H19N5O2S. The van der Waals surface area contributed by atoms with Crippen LogP contribution in [-0.2, 0) is 6.42 Å². The zero-order valence-corrected chi connectivity index (χ0v) is 14.7. The van der Waals surface area contributed by atoms with Crippen molar-refractivity contribution in [2.75, 3.05) is 5.32 Å². The van der Waals surface area contributed by atoms with Crippen molar-refractivity contribution in [2.45, 2.75) is 32.4 Å². The van der Waals surface area contributed by atoms with Gasteiger partial charge >= 0.3 is 0 Å². The van der Waals surface area contributed by atoms with E-state index in [9.17, 15) is 9.90 Å². The third-order valence-electron chi connectivity index (χ3n) is 3.63. The molecule has 0 aromatic carbocycles. The number of aromatic nitrogens is 3. The van der Waals surface area contributed by atoms with Gasteiger partial charge in [-0.2, -0.15) is 0 Å². The molecule has 0 fully saturated rings. The fraction of sp³-hybridized carbons (Fsp3) is 0.294. The van der Waals surface area contributed by atoms with E-state index in [1.807, 2.05) is 31.2 Å². The molecule has 25 heavy (non-hydrogen) atoms. The van der Waals surface area contributed by atoms with Crippen LogP contribution in [0.2, 0.25) is 0 Å². The second-order valence-corrected chi connectivity index (χ2v) is 7.00. The van der Waals surface area contributed by atoms with Crippen molar-refractivity contribution >= 4 is 33.4 Å². The van der Waals surface area contributed by atoms with Crippen molar-refractivity contribution in [1.82, 2.24) is 15.0 Å². The Balaban J connectivity index is 1.97. The molecule has 0 aliphatic heterocycles. The minimum atomic E-state index is -0.605. The molecule has 1 amide bonds. The highest BCUT2D eigenvalue weighted by Gasteiger charge is 2.17. The number of carbonyl (C=O) groups is 1. The summed E-state index contributed by atoms with van der Waals surface area (Å²) >= 11 is 1.38. The molecule has 130 valence electrons. The van der Waals surface area contributed by atoms with Gasteiger partial charge in [0.2, 0.25) is 5.95 Å². The van der Waals surface area contributed by atoms with Gasteiger partial charge < -0.3 is 16.2 Å². The maximum atomic E-state index is 11.8. The lowest BCUT2D eigenvalue weighted by molar-refractivity contribution is 0.0997. The summed E-state index contributed by atoms with van der Waals surface area (Å²) in [6.45, 7) is 3.65. The number of nitrogens with one attached hydrogen (secondary N) is 1. The van der Waals surface area contributed by atoms with Crippen molar-refractivity contribution < 1.29 is 9.90 Å². The first kappa shape index (κ1) is 17.2. The van der Waals surface area contributed by atoms with Gasteiger partial charge in [-0.05, 0) is 32.0 Å². The van der Waals surface area contributed by atoms with Gasteiger partial charge in [-0.3, -0.25) is 9.78 Å². The molecule has 3 aromatic heterocycles. The standard InChI is InChI=1S/C17H19N5O2S/c1-9(23)7-11-8-13-15(25-11)14(16(18)24)22-17(21-13)20-10(2)12-5-3-4-6-19-12/h3-6,8-10,23H,7H2,1-2H3,(H2,18,24)(H,20,21,22)/t9-,10+/m1/s1. The molecule has 3 heterocycles. The fourth-order valence-corrected chi connectivity index (χ4v) is 3.71. The number of nitrogens with zero attached hydrogens (tertiary/aromatic N) is 3. The van der Waals surface area contributed by atoms with Gasteiger partial charge in [-0.15, -0.1) is 11.3 Å². The van der Waals surface area contributed by atoms with Gasteiger partial charge in [0.15, 0.2) is 5.69 Å². The van der Waals surface area contributed by atoms with Crippen LogP contribution in [0.5, 0.6) is 0 Å². The van der Waals surface area contributed by atoms with Crippen LogP contribution in [0.1, 0.15) is 40.9 Å². The van der Waals surface area contributed by atoms with Crippen LogP contribution in [-0.4, -0.2) is 32.1 Å². The molecule has 0 aliphatic rings. The van der Waals surface area contributed by atoms with Crippen molar-refractivity contribution in [1.29, 1.82) is 0 Å². The van der Waals surface area contributed by atoms with E-state index in [-0.39, 0.29) is 11.7 Å². The summed E-state index contributed by atoms with van der Waals surface area (Å²) in [6.07, 6.45) is 1.74. The zero-order valence-electron chi connectivity index (χ0n) is 13.9. The van der Waals surface area contributed by atoms with Crippen LogP contribution >= 0.6 is 11.3 Å². The Kier molecular flexibility index (Phi) is 4.91. The number of aliphatic hydroxyl groups excluding tert-OH is 1. The number of anilines is 1. The Labute approximate surface area is 149 Å². The molecule has 0 spiro atoms. The normalized spacial score (nSPS) is 13.6. The molecule has 0 saturated carbocycles.